The van der Waals surface area contributed by atoms with Crippen molar-refractivity contribution < 1.29 is 8.42 Å². The molecule has 1 fully saturated rings. The minimum absolute atomic E-state index is 0.496. The van der Waals surface area contributed by atoms with Crippen molar-refractivity contribution in [2.24, 2.45) is 5.92 Å². The van der Waals surface area contributed by atoms with E-state index in [0.29, 0.717) is 25.6 Å². The molecule has 0 radical (unpaired) electrons. The van der Waals surface area contributed by atoms with Crippen LogP contribution in [0.15, 0.2) is 0 Å². The first-order valence-corrected chi connectivity index (χ1v) is 8.84. The second kappa shape index (κ2) is 8.19. The molecule has 0 spiro atoms. The fourth-order valence-corrected chi connectivity index (χ4v) is 3.91. The van der Waals surface area contributed by atoms with Crippen molar-refractivity contribution in [3.05, 3.63) is 0 Å². The fourth-order valence-electron chi connectivity index (χ4n) is 2.43. The molecule has 0 aromatic rings. The van der Waals surface area contributed by atoms with Gasteiger partial charge in [-0.2, -0.15) is 17.0 Å². The van der Waals surface area contributed by atoms with Gasteiger partial charge in [-0.25, -0.2) is 0 Å². The Bertz CT molecular complexity index is 340. The van der Waals surface area contributed by atoms with Gasteiger partial charge in [0.1, 0.15) is 0 Å². The second-order valence-corrected chi connectivity index (χ2v) is 7.36. The van der Waals surface area contributed by atoms with Crippen molar-refractivity contribution in [3.8, 4) is 0 Å². The number of piperidine rings is 1. The average Bonchev–Trinajstić information content (AvgIpc) is 2.42. The zero-order chi connectivity index (χ0) is 14.3. The van der Waals surface area contributed by atoms with Crippen LogP contribution in [-0.2, 0) is 10.2 Å². The molecule has 0 aromatic carbocycles. The first-order chi connectivity index (χ1) is 9.02. The highest BCUT2D eigenvalue weighted by Gasteiger charge is 2.28. The first kappa shape index (κ1) is 16.9. The molecular weight excluding hydrogens is 262 g/mol. The molecule has 0 saturated carbocycles. The van der Waals surface area contributed by atoms with Gasteiger partial charge < -0.3 is 5.32 Å². The monoisotopic (exact) mass is 291 g/mol. The highest BCUT2D eigenvalue weighted by molar-refractivity contribution is 7.86. The molecule has 1 saturated heterocycles. The lowest BCUT2D eigenvalue weighted by molar-refractivity contribution is 0.279. The van der Waals surface area contributed by atoms with E-state index in [4.69, 9.17) is 0 Å². The summed E-state index contributed by atoms with van der Waals surface area (Å²) >= 11 is 0. The fraction of sp³-hybridized carbons (Fsp3) is 1.00. The lowest BCUT2D eigenvalue weighted by Gasteiger charge is -2.31. The average molecular weight is 291 g/mol. The number of unbranched alkanes of at least 4 members (excludes halogenated alkanes) is 1. The summed E-state index contributed by atoms with van der Waals surface area (Å²) in [6.45, 7) is 7.85. The van der Waals surface area contributed by atoms with Crippen LogP contribution in [0.3, 0.4) is 0 Å². The molecule has 0 unspecified atom stereocenters. The summed E-state index contributed by atoms with van der Waals surface area (Å²) in [5, 5.41) is 3.32. The molecule has 6 heteroatoms. The number of rotatable bonds is 8. The van der Waals surface area contributed by atoms with Gasteiger partial charge in [-0.3, -0.25) is 0 Å². The molecule has 0 bridgehead atoms. The standard InChI is InChI=1S/C13H29N3O2S/c1-4-6-11-15(3)19(17,18)16(5-2)12-13-7-9-14-10-8-13/h13-14H,4-12H2,1-3H3. The van der Waals surface area contributed by atoms with E-state index in [-0.39, 0.29) is 0 Å². The molecule has 0 aliphatic carbocycles. The van der Waals surface area contributed by atoms with Crippen molar-refractivity contribution in [2.45, 2.75) is 39.5 Å². The van der Waals surface area contributed by atoms with Gasteiger partial charge in [0.2, 0.25) is 0 Å². The van der Waals surface area contributed by atoms with Crippen LogP contribution in [0.4, 0.5) is 0 Å². The largest absolute Gasteiger partial charge is 0.317 e. The molecule has 1 rings (SSSR count). The first-order valence-electron chi connectivity index (χ1n) is 7.44. The third-order valence-electron chi connectivity index (χ3n) is 3.82. The number of hydrogen-bond donors (Lipinski definition) is 1. The molecule has 1 N–H and O–H groups in total. The lowest BCUT2D eigenvalue weighted by Crippen LogP contribution is -2.45. The van der Waals surface area contributed by atoms with E-state index in [1.807, 2.05) is 6.92 Å². The van der Waals surface area contributed by atoms with Crippen molar-refractivity contribution in [1.82, 2.24) is 13.9 Å². The third kappa shape index (κ3) is 5.02. The van der Waals surface area contributed by atoms with Crippen molar-refractivity contribution >= 4 is 10.2 Å². The third-order valence-corrected chi connectivity index (χ3v) is 5.85. The van der Waals surface area contributed by atoms with Crippen LogP contribution in [0.1, 0.15) is 39.5 Å². The van der Waals surface area contributed by atoms with Crippen LogP contribution in [-0.4, -0.2) is 56.8 Å². The number of nitrogens with zero attached hydrogens (tertiary/aromatic N) is 2. The normalized spacial score (nSPS) is 18.4. The minimum Gasteiger partial charge on any atom is -0.317 e. The van der Waals surface area contributed by atoms with Crippen LogP contribution < -0.4 is 5.32 Å². The topological polar surface area (TPSA) is 52.7 Å². The zero-order valence-corrected chi connectivity index (χ0v) is 13.4. The molecule has 19 heavy (non-hydrogen) atoms. The van der Waals surface area contributed by atoms with Crippen LogP contribution in [0.2, 0.25) is 0 Å². The Morgan fingerprint density at radius 3 is 2.37 bits per heavy atom. The maximum absolute atomic E-state index is 12.5. The zero-order valence-electron chi connectivity index (χ0n) is 12.6. The van der Waals surface area contributed by atoms with Crippen LogP contribution >= 0.6 is 0 Å². The van der Waals surface area contributed by atoms with E-state index in [9.17, 15) is 8.42 Å². The smallest absolute Gasteiger partial charge is 0.281 e. The Labute approximate surface area is 118 Å². The molecule has 1 heterocycles. The molecule has 114 valence electrons. The van der Waals surface area contributed by atoms with E-state index in [0.717, 1.165) is 38.8 Å². The highest BCUT2D eigenvalue weighted by Crippen LogP contribution is 2.17. The van der Waals surface area contributed by atoms with Gasteiger partial charge >= 0.3 is 0 Å². The van der Waals surface area contributed by atoms with E-state index >= 15 is 0 Å². The van der Waals surface area contributed by atoms with Gasteiger partial charge in [0.25, 0.3) is 10.2 Å². The molecular formula is C13H29N3O2S. The maximum atomic E-state index is 12.5. The Kier molecular flexibility index (Phi) is 7.28. The molecule has 1 aliphatic heterocycles. The molecule has 1 aliphatic rings. The summed E-state index contributed by atoms with van der Waals surface area (Å²) in [4.78, 5) is 0. The second-order valence-electron chi connectivity index (χ2n) is 5.33. The summed E-state index contributed by atoms with van der Waals surface area (Å²) in [6, 6.07) is 0. The van der Waals surface area contributed by atoms with Crippen LogP contribution in [0.25, 0.3) is 0 Å². The van der Waals surface area contributed by atoms with Crippen molar-refractivity contribution in [3.63, 3.8) is 0 Å². The van der Waals surface area contributed by atoms with Gasteiger partial charge in [0.05, 0.1) is 0 Å². The van der Waals surface area contributed by atoms with Crippen LogP contribution in [0, 0.1) is 5.92 Å². The summed E-state index contributed by atoms with van der Waals surface area (Å²) in [5.74, 6) is 0.496. The van der Waals surface area contributed by atoms with E-state index in [1.54, 1.807) is 11.4 Å². The lowest BCUT2D eigenvalue weighted by atomic mass is 9.98. The Morgan fingerprint density at radius 1 is 1.21 bits per heavy atom. The quantitative estimate of drug-likeness (QED) is 0.733. The predicted molar refractivity (Wildman–Crippen MR) is 79.3 cm³/mol. The van der Waals surface area contributed by atoms with Crippen molar-refractivity contribution in [2.75, 3.05) is 39.8 Å². The SMILES string of the molecule is CCCCN(C)S(=O)(=O)N(CC)CC1CCNCC1. The maximum Gasteiger partial charge on any atom is 0.281 e. The molecule has 0 amide bonds. The molecule has 0 aromatic heterocycles. The van der Waals surface area contributed by atoms with E-state index in [1.165, 1.54) is 4.31 Å². The van der Waals surface area contributed by atoms with E-state index < -0.39 is 10.2 Å². The molecule has 5 nitrogen and oxygen atoms in total. The number of nitrogens with one attached hydrogen (secondary N) is 1. The van der Waals surface area contributed by atoms with Gasteiger partial charge in [-0.05, 0) is 38.3 Å². The van der Waals surface area contributed by atoms with E-state index in [2.05, 4.69) is 12.2 Å². The Hall–Kier alpha value is -0.170. The number of hydrogen-bond acceptors (Lipinski definition) is 3. The highest BCUT2D eigenvalue weighted by atomic mass is 32.2. The predicted octanol–water partition coefficient (Wildman–Crippen LogP) is 1.28. The Balaban J connectivity index is 2.60. The van der Waals surface area contributed by atoms with Gasteiger partial charge in [0, 0.05) is 26.7 Å². The minimum atomic E-state index is -3.28. The summed E-state index contributed by atoms with van der Waals surface area (Å²) in [5.41, 5.74) is 0. The van der Waals surface area contributed by atoms with Crippen LogP contribution in [0.5, 0.6) is 0 Å². The van der Waals surface area contributed by atoms with Crippen molar-refractivity contribution in [1.29, 1.82) is 0 Å². The molecule has 0 atom stereocenters. The summed E-state index contributed by atoms with van der Waals surface area (Å²) in [6.07, 6.45) is 4.08. The summed E-state index contributed by atoms with van der Waals surface area (Å²) < 4.78 is 28.1. The van der Waals surface area contributed by atoms with Gasteiger partial charge in [-0.1, -0.05) is 20.3 Å². The van der Waals surface area contributed by atoms with Gasteiger partial charge in [0.15, 0.2) is 0 Å². The summed E-state index contributed by atoms with van der Waals surface area (Å²) in [7, 11) is -1.59. The Morgan fingerprint density at radius 2 is 1.84 bits per heavy atom. The van der Waals surface area contributed by atoms with Gasteiger partial charge in [-0.15, -0.1) is 0 Å².